The van der Waals surface area contributed by atoms with Crippen LogP contribution in [0.4, 0.5) is 18.2 Å². The van der Waals surface area contributed by atoms with Gasteiger partial charge in [-0.05, 0) is 48.9 Å². The van der Waals surface area contributed by atoms with E-state index in [1.807, 2.05) is 0 Å². The lowest BCUT2D eigenvalue weighted by molar-refractivity contribution is -0.137. The number of anilines is 1. The third-order valence-corrected chi connectivity index (χ3v) is 7.98. The highest BCUT2D eigenvalue weighted by Gasteiger charge is 2.30. The molecule has 0 radical (unpaired) electrons. The molecule has 0 spiro atoms. The second-order valence-electron chi connectivity index (χ2n) is 8.62. The van der Waals surface area contributed by atoms with Crippen molar-refractivity contribution in [1.29, 1.82) is 5.26 Å². The SMILES string of the molecule is C=CCn1c(COc2cccc(C(F)(F)F)c2)nnc1SCC(=O)Nc1sc2c(c1C#N)CC[C@H](C)C2. The van der Waals surface area contributed by atoms with E-state index in [0.717, 1.165) is 53.6 Å². The molecule has 0 saturated carbocycles. The largest absolute Gasteiger partial charge is 0.486 e. The van der Waals surface area contributed by atoms with Crippen molar-refractivity contribution in [2.45, 2.75) is 50.7 Å². The van der Waals surface area contributed by atoms with E-state index in [-0.39, 0.29) is 24.0 Å². The number of thiophene rings is 1. The molecule has 0 aliphatic heterocycles. The number of fused-ring (bicyclic) bond motifs is 1. The molecular formula is C25H24F3N5O2S2. The summed E-state index contributed by atoms with van der Waals surface area (Å²) in [6.45, 7) is 6.12. The predicted molar refractivity (Wildman–Crippen MR) is 136 cm³/mol. The molecule has 1 aromatic carbocycles. The van der Waals surface area contributed by atoms with Gasteiger partial charge in [0, 0.05) is 11.4 Å². The molecule has 3 aromatic rings. The summed E-state index contributed by atoms with van der Waals surface area (Å²) in [5, 5.41) is 21.7. The van der Waals surface area contributed by atoms with Crippen molar-refractivity contribution < 1.29 is 22.7 Å². The number of thioether (sulfide) groups is 1. The van der Waals surface area contributed by atoms with Crippen LogP contribution in [-0.2, 0) is 37.0 Å². The summed E-state index contributed by atoms with van der Waals surface area (Å²) in [5.74, 6) is 0.751. The van der Waals surface area contributed by atoms with Crippen LogP contribution in [0.15, 0.2) is 42.1 Å². The van der Waals surface area contributed by atoms with E-state index in [1.54, 1.807) is 10.6 Å². The number of carbonyl (C=O) groups is 1. The number of hydrogen-bond donors (Lipinski definition) is 1. The summed E-state index contributed by atoms with van der Waals surface area (Å²) in [5.41, 5.74) is 0.791. The maximum Gasteiger partial charge on any atom is 0.416 e. The summed E-state index contributed by atoms with van der Waals surface area (Å²) >= 11 is 2.62. The first-order valence-corrected chi connectivity index (χ1v) is 13.3. The Bertz CT molecular complexity index is 1340. The van der Waals surface area contributed by atoms with Crippen molar-refractivity contribution in [2.75, 3.05) is 11.1 Å². The molecule has 1 aliphatic rings. The first-order chi connectivity index (χ1) is 17.7. The lowest BCUT2D eigenvalue weighted by Crippen LogP contribution is -2.15. The summed E-state index contributed by atoms with van der Waals surface area (Å²) in [7, 11) is 0. The second kappa shape index (κ2) is 11.4. The summed E-state index contributed by atoms with van der Waals surface area (Å²) in [6.07, 6.45) is -0.0641. The monoisotopic (exact) mass is 547 g/mol. The molecule has 37 heavy (non-hydrogen) atoms. The van der Waals surface area contributed by atoms with E-state index in [9.17, 15) is 23.2 Å². The van der Waals surface area contributed by atoms with Crippen LogP contribution in [0.1, 0.15) is 40.7 Å². The Morgan fingerprint density at radius 3 is 2.97 bits per heavy atom. The van der Waals surface area contributed by atoms with Gasteiger partial charge in [0.1, 0.15) is 23.4 Å². The van der Waals surface area contributed by atoms with Gasteiger partial charge in [-0.1, -0.05) is 30.8 Å². The number of nitrogens with one attached hydrogen (secondary N) is 1. The Morgan fingerprint density at radius 1 is 1.43 bits per heavy atom. The van der Waals surface area contributed by atoms with E-state index in [2.05, 4.69) is 35.1 Å². The summed E-state index contributed by atoms with van der Waals surface area (Å²) < 4.78 is 46.1. The quantitative estimate of drug-likeness (QED) is 0.267. The molecule has 2 heterocycles. The van der Waals surface area contributed by atoms with Crippen LogP contribution < -0.4 is 10.1 Å². The zero-order valence-electron chi connectivity index (χ0n) is 20.0. The zero-order chi connectivity index (χ0) is 26.6. The van der Waals surface area contributed by atoms with Crippen LogP contribution in [0.25, 0.3) is 0 Å². The van der Waals surface area contributed by atoms with Gasteiger partial charge in [0.15, 0.2) is 11.0 Å². The van der Waals surface area contributed by atoms with E-state index < -0.39 is 11.7 Å². The van der Waals surface area contributed by atoms with Gasteiger partial charge in [-0.3, -0.25) is 9.36 Å². The van der Waals surface area contributed by atoms with Crippen molar-refractivity contribution in [2.24, 2.45) is 5.92 Å². The van der Waals surface area contributed by atoms with Crippen LogP contribution in [0.3, 0.4) is 0 Å². The molecular weight excluding hydrogens is 523 g/mol. The molecule has 0 saturated heterocycles. The summed E-state index contributed by atoms with van der Waals surface area (Å²) in [4.78, 5) is 13.9. The Morgan fingerprint density at radius 2 is 2.24 bits per heavy atom. The number of alkyl halides is 3. The van der Waals surface area contributed by atoms with Gasteiger partial charge in [0.25, 0.3) is 0 Å². The van der Waals surface area contributed by atoms with Crippen LogP contribution in [-0.4, -0.2) is 26.4 Å². The number of benzene rings is 1. The molecule has 1 atom stereocenters. The van der Waals surface area contributed by atoms with Crippen molar-refractivity contribution in [1.82, 2.24) is 14.8 Å². The molecule has 1 aliphatic carbocycles. The number of halogens is 3. The molecule has 7 nitrogen and oxygen atoms in total. The zero-order valence-corrected chi connectivity index (χ0v) is 21.6. The number of carbonyl (C=O) groups excluding carboxylic acids is 1. The van der Waals surface area contributed by atoms with E-state index >= 15 is 0 Å². The van der Waals surface area contributed by atoms with Crippen molar-refractivity contribution in [3.63, 3.8) is 0 Å². The van der Waals surface area contributed by atoms with Gasteiger partial charge in [0.05, 0.1) is 16.9 Å². The van der Waals surface area contributed by atoms with E-state index in [0.29, 0.717) is 34.0 Å². The molecule has 0 unspecified atom stereocenters. The Labute approximate surface area is 220 Å². The Kier molecular flexibility index (Phi) is 8.24. The molecule has 0 bridgehead atoms. The van der Waals surface area contributed by atoms with Crippen LogP contribution in [0.5, 0.6) is 5.75 Å². The predicted octanol–water partition coefficient (Wildman–Crippen LogP) is 5.85. The van der Waals surface area contributed by atoms with Crippen molar-refractivity contribution in [3.05, 3.63) is 64.3 Å². The molecule has 12 heteroatoms. The molecule has 0 fully saturated rings. The minimum atomic E-state index is -4.47. The highest BCUT2D eigenvalue weighted by atomic mass is 32.2. The minimum Gasteiger partial charge on any atom is -0.486 e. The third-order valence-electron chi connectivity index (χ3n) is 5.84. The lowest BCUT2D eigenvalue weighted by atomic mass is 9.89. The smallest absolute Gasteiger partial charge is 0.416 e. The standard InChI is InChI=1S/C25H24F3N5O2S2/c1-3-9-33-21(13-35-17-6-4-5-16(11-17)25(26,27)28)31-32-24(33)36-14-22(34)30-23-19(12-29)18-8-7-15(2)10-20(18)37-23/h3-6,11,15H,1,7-10,13-14H2,2H3,(H,30,34)/t15-/m0/s1. The van der Waals surface area contributed by atoms with Gasteiger partial charge in [-0.2, -0.15) is 18.4 Å². The maximum atomic E-state index is 13.0. The molecule has 2 aromatic heterocycles. The Balaban J connectivity index is 1.40. The molecule has 194 valence electrons. The number of nitrogens with zero attached hydrogens (tertiary/aromatic N) is 4. The van der Waals surface area contributed by atoms with Crippen molar-refractivity contribution in [3.8, 4) is 11.8 Å². The minimum absolute atomic E-state index is 0.0353. The first-order valence-electron chi connectivity index (χ1n) is 11.5. The number of allylic oxidation sites excluding steroid dienone is 1. The highest BCUT2D eigenvalue weighted by molar-refractivity contribution is 7.99. The fraction of sp³-hybridized carbons (Fsp3) is 0.360. The van der Waals surface area contributed by atoms with Crippen LogP contribution >= 0.6 is 23.1 Å². The van der Waals surface area contributed by atoms with Gasteiger partial charge in [0.2, 0.25) is 5.91 Å². The van der Waals surface area contributed by atoms with Crippen molar-refractivity contribution >= 4 is 34.0 Å². The number of aromatic nitrogens is 3. The lowest BCUT2D eigenvalue weighted by Gasteiger charge is -2.17. The normalized spacial score (nSPS) is 15.1. The number of hydrogen-bond acceptors (Lipinski definition) is 7. The van der Waals surface area contributed by atoms with Gasteiger partial charge < -0.3 is 10.1 Å². The Hall–Kier alpha value is -3.30. The fourth-order valence-corrected chi connectivity index (χ4v) is 6.15. The van der Waals surface area contributed by atoms with E-state index in [4.69, 9.17) is 4.74 Å². The van der Waals surface area contributed by atoms with E-state index in [1.165, 1.54) is 23.5 Å². The van der Waals surface area contributed by atoms with Gasteiger partial charge in [-0.15, -0.1) is 28.1 Å². The third kappa shape index (κ3) is 6.34. The van der Waals surface area contributed by atoms with Crippen LogP contribution in [0, 0.1) is 17.2 Å². The topological polar surface area (TPSA) is 92.8 Å². The van der Waals surface area contributed by atoms with Gasteiger partial charge in [-0.25, -0.2) is 0 Å². The van der Waals surface area contributed by atoms with Gasteiger partial charge >= 0.3 is 6.18 Å². The maximum absolute atomic E-state index is 13.0. The highest BCUT2D eigenvalue weighted by Crippen LogP contribution is 2.39. The second-order valence-corrected chi connectivity index (χ2v) is 10.7. The number of rotatable bonds is 9. The molecule has 1 amide bonds. The summed E-state index contributed by atoms with van der Waals surface area (Å²) in [6, 6.07) is 6.84. The average Bonchev–Trinajstić information content (AvgIpc) is 3.40. The number of ether oxygens (including phenoxy) is 1. The number of amides is 1. The fourth-order valence-electron chi connectivity index (χ4n) is 4.01. The first kappa shape index (κ1) is 26.8. The molecule has 1 N–H and O–H groups in total. The average molecular weight is 548 g/mol. The number of nitriles is 1. The molecule has 4 rings (SSSR count). The van der Waals surface area contributed by atoms with Crippen LogP contribution in [0.2, 0.25) is 0 Å².